The van der Waals surface area contributed by atoms with Crippen molar-refractivity contribution in [3.8, 4) is 39.3 Å². The van der Waals surface area contributed by atoms with Gasteiger partial charge in [0.05, 0.1) is 43.2 Å². The highest BCUT2D eigenvalue weighted by atomic mass is 79.9. The van der Waals surface area contributed by atoms with E-state index in [1.807, 2.05) is 56.7 Å². The number of thiophene rings is 3. The van der Waals surface area contributed by atoms with Gasteiger partial charge < -0.3 is 0 Å². The monoisotopic (exact) mass is 1300 g/mol. The molecule has 0 aliphatic carbocycles. The first-order valence-electron chi connectivity index (χ1n) is 32.3. The Hall–Kier alpha value is -0.860. The molecule has 78 heavy (non-hydrogen) atoms. The van der Waals surface area contributed by atoms with Gasteiger partial charge in [-0.15, -0.1) is 61.8 Å². The van der Waals surface area contributed by atoms with Crippen LogP contribution < -0.4 is 0 Å². The molecular formula is C66H102Br2N4S6. The molecule has 0 radical (unpaired) electrons. The van der Waals surface area contributed by atoms with Crippen LogP contribution in [0.4, 0.5) is 0 Å². The quantitative estimate of drug-likeness (QED) is 0.0357. The van der Waals surface area contributed by atoms with Gasteiger partial charge in [-0.1, -0.05) is 263 Å². The van der Waals surface area contributed by atoms with Crippen molar-refractivity contribution in [3.63, 3.8) is 0 Å². The standard InChI is InChI=1S/C66H102Br2N4S6/c1-5-9-13-17-21-25-29-33-37-41-45-51-49-55(73-58(51)65-69-53(63(67)76-65)47-43-39-35-31-27-23-19-15-11-7-3)60-57-62(78-72-71-57)61(75-60)56-50-52(46-42-38-34-30-26-22-18-14-10-6-2)59(74-56)66-70-54(64(68)77-66)48-44-40-36-32-28-24-20-16-12-8-4/h49-50H,5-48H2,1-4H3. The molecule has 12 heteroatoms. The van der Waals surface area contributed by atoms with Crippen molar-refractivity contribution in [1.82, 2.24) is 19.6 Å². The molecule has 6 aromatic rings. The van der Waals surface area contributed by atoms with E-state index in [1.165, 1.54) is 331 Å². The highest BCUT2D eigenvalue weighted by Crippen LogP contribution is 2.52. The number of thiazole rings is 2. The highest BCUT2D eigenvalue weighted by molar-refractivity contribution is 9.11. The molecule has 0 spiro atoms. The van der Waals surface area contributed by atoms with Gasteiger partial charge in [0.25, 0.3) is 0 Å². The summed E-state index contributed by atoms with van der Waals surface area (Å²) < 4.78 is 8.34. The van der Waals surface area contributed by atoms with E-state index >= 15 is 0 Å². The van der Waals surface area contributed by atoms with Crippen molar-refractivity contribution in [2.45, 2.75) is 310 Å². The van der Waals surface area contributed by atoms with Crippen LogP contribution in [0.3, 0.4) is 0 Å². The third-order valence-electron chi connectivity index (χ3n) is 16.0. The Bertz CT molecular complexity index is 2310. The van der Waals surface area contributed by atoms with Gasteiger partial charge in [0.2, 0.25) is 0 Å². The molecule has 0 amide bonds. The molecule has 0 unspecified atom stereocenters. The summed E-state index contributed by atoms with van der Waals surface area (Å²) in [6.07, 6.45) is 58.6. The summed E-state index contributed by atoms with van der Waals surface area (Å²) in [6.45, 7) is 9.24. The normalized spacial score (nSPS) is 11.9. The summed E-state index contributed by atoms with van der Waals surface area (Å²) in [4.78, 5) is 18.9. The van der Waals surface area contributed by atoms with E-state index in [9.17, 15) is 0 Å². The van der Waals surface area contributed by atoms with Crippen molar-refractivity contribution in [3.05, 3.63) is 42.2 Å². The molecule has 0 atom stereocenters. The number of nitrogens with zero attached hydrogens (tertiary/aromatic N) is 4. The number of halogens is 2. The van der Waals surface area contributed by atoms with Crippen molar-refractivity contribution in [2.24, 2.45) is 0 Å². The molecule has 0 saturated heterocycles. The van der Waals surface area contributed by atoms with Crippen LogP contribution in [0, 0.1) is 0 Å². The minimum atomic E-state index is 1.06. The minimum absolute atomic E-state index is 1.06. The van der Waals surface area contributed by atoms with Gasteiger partial charge in [0.1, 0.15) is 15.5 Å². The molecule has 0 bridgehead atoms. The Kier molecular flexibility index (Phi) is 34.3. The number of hydrogen-bond donors (Lipinski definition) is 0. The number of aryl methyl sites for hydroxylation is 4. The van der Waals surface area contributed by atoms with Crippen LogP contribution in [-0.2, 0) is 25.7 Å². The van der Waals surface area contributed by atoms with Crippen LogP contribution in [0.1, 0.15) is 307 Å². The number of rotatable bonds is 48. The van der Waals surface area contributed by atoms with Crippen molar-refractivity contribution in [1.29, 1.82) is 0 Å². The molecule has 6 aromatic heterocycles. The highest BCUT2D eigenvalue weighted by Gasteiger charge is 2.26. The van der Waals surface area contributed by atoms with E-state index in [0.717, 1.165) is 31.2 Å². The third-order valence-corrected chi connectivity index (χ3v) is 24.7. The summed E-state index contributed by atoms with van der Waals surface area (Å²) in [7, 11) is 0. The van der Waals surface area contributed by atoms with Gasteiger partial charge in [0, 0.05) is 9.75 Å². The Labute approximate surface area is 516 Å². The van der Waals surface area contributed by atoms with E-state index < -0.39 is 0 Å². The number of hydrogen-bond acceptors (Lipinski definition) is 10. The topological polar surface area (TPSA) is 51.6 Å². The van der Waals surface area contributed by atoms with Crippen LogP contribution in [0.2, 0.25) is 0 Å². The maximum atomic E-state index is 5.43. The van der Waals surface area contributed by atoms with Gasteiger partial charge >= 0.3 is 0 Å². The largest absolute Gasteiger partial charge is 0.239 e. The predicted molar refractivity (Wildman–Crippen MR) is 362 cm³/mol. The lowest BCUT2D eigenvalue weighted by atomic mass is 10.0. The molecule has 4 nitrogen and oxygen atoms in total. The average molecular weight is 1300 g/mol. The summed E-state index contributed by atoms with van der Waals surface area (Å²) >= 11 is 19.2. The third kappa shape index (κ3) is 23.3. The molecule has 436 valence electrons. The lowest BCUT2D eigenvalue weighted by Gasteiger charge is -2.03. The maximum Gasteiger partial charge on any atom is 0.135 e. The van der Waals surface area contributed by atoms with Crippen molar-refractivity contribution in [2.75, 3.05) is 0 Å². The minimum Gasteiger partial charge on any atom is -0.239 e. The van der Waals surface area contributed by atoms with Crippen molar-refractivity contribution >= 4 is 110 Å². The molecule has 0 saturated carbocycles. The average Bonchev–Trinajstić information content (AvgIpc) is 4.39. The number of fused-ring (bicyclic) bond motifs is 1. The fourth-order valence-electron chi connectivity index (χ4n) is 11.2. The summed E-state index contributed by atoms with van der Waals surface area (Å²) in [5.74, 6) is 0. The smallest absolute Gasteiger partial charge is 0.135 e. The first-order valence-corrected chi connectivity index (χ1v) is 38.7. The van der Waals surface area contributed by atoms with Gasteiger partial charge in [-0.05, 0) is 118 Å². The van der Waals surface area contributed by atoms with Gasteiger partial charge in [-0.3, -0.25) is 0 Å². The van der Waals surface area contributed by atoms with Crippen molar-refractivity contribution < 1.29 is 0 Å². The predicted octanol–water partition coefficient (Wildman–Crippen LogP) is 26.8. The SMILES string of the molecule is CCCCCCCCCCCCc1cc(-c2sc(-c3cc(CCCCCCCCCCCC)c(-c4nc(CCCCCCCCCCCC)c(Br)s4)s3)c3snnc23)sc1-c1nc(CCCCCCCCCCCC)c(Br)s1. The Morgan fingerprint density at radius 3 is 0.987 bits per heavy atom. The first kappa shape index (κ1) is 66.3. The zero-order valence-electron chi connectivity index (χ0n) is 49.3. The van der Waals surface area contributed by atoms with E-state index in [2.05, 4.69) is 76.2 Å². The second-order valence-electron chi connectivity index (χ2n) is 22.8. The zero-order chi connectivity index (χ0) is 54.8. The summed E-state index contributed by atoms with van der Waals surface area (Å²) in [5.41, 5.74) is 6.51. The van der Waals surface area contributed by atoms with E-state index in [0.29, 0.717) is 0 Å². The Morgan fingerprint density at radius 1 is 0.333 bits per heavy atom. The molecule has 6 heterocycles. The molecule has 0 aliphatic heterocycles. The van der Waals surface area contributed by atoms with Gasteiger partial charge in [-0.25, -0.2) is 9.97 Å². The lowest BCUT2D eigenvalue weighted by Crippen LogP contribution is -1.90. The van der Waals surface area contributed by atoms with Crippen LogP contribution in [0.25, 0.3) is 49.5 Å². The van der Waals surface area contributed by atoms with Crippen LogP contribution in [-0.4, -0.2) is 19.6 Å². The van der Waals surface area contributed by atoms with E-state index in [4.69, 9.17) is 15.1 Å². The second-order valence-corrected chi connectivity index (χ2v) is 31.4. The summed E-state index contributed by atoms with van der Waals surface area (Å²) in [6, 6.07) is 5.07. The molecule has 0 aromatic carbocycles. The Morgan fingerprint density at radius 2 is 0.641 bits per heavy atom. The van der Waals surface area contributed by atoms with Crippen LogP contribution in [0.5, 0.6) is 0 Å². The van der Waals surface area contributed by atoms with Gasteiger partial charge in [0.15, 0.2) is 0 Å². The maximum absolute atomic E-state index is 5.43. The second kappa shape index (κ2) is 40.4. The molecule has 6 rings (SSSR count). The fourth-order valence-corrected chi connectivity index (χ4v) is 19.3. The Balaban J connectivity index is 1.19. The van der Waals surface area contributed by atoms with Crippen LogP contribution >= 0.6 is 100 Å². The van der Waals surface area contributed by atoms with Gasteiger partial charge in [-0.2, -0.15) is 0 Å². The number of unbranched alkanes of at least 4 members (excludes halogenated alkanes) is 36. The molecular weight excluding hydrogens is 1200 g/mol. The molecule has 0 aliphatic rings. The lowest BCUT2D eigenvalue weighted by molar-refractivity contribution is 0.555. The van der Waals surface area contributed by atoms with E-state index in [1.54, 1.807) is 11.5 Å². The molecule has 0 fully saturated rings. The first-order chi connectivity index (χ1) is 38.4. The zero-order valence-corrected chi connectivity index (χ0v) is 57.3. The van der Waals surface area contributed by atoms with E-state index in [-0.39, 0.29) is 0 Å². The summed E-state index contributed by atoms with van der Waals surface area (Å²) in [5, 5.41) is 7.29. The number of aromatic nitrogens is 4. The van der Waals surface area contributed by atoms with Crippen LogP contribution in [0.15, 0.2) is 19.7 Å². The molecule has 0 N–H and O–H groups in total. The fraction of sp³-hybridized carbons (Fsp3) is 0.727.